The molecular weight excluding hydrogens is 348 g/mol. The molecule has 0 saturated carbocycles. The number of carbonyl (C=O) groups is 1. The minimum Gasteiger partial charge on any atom is -0.311 e. The summed E-state index contributed by atoms with van der Waals surface area (Å²) in [6, 6.07) is 12.6. The molecule has 1 amide bonds. The lowest BCUT2D eigenvalue weighted by Gasteiger charge is -2.26. The van der Waals surface area contributed by atoms with Crippen LogP contribution in [-0.2, 0) is 21.2 Å². The van der Waals surface area contributed by atoms with Gasteiger partial charge in [0, 0.05) is 12.6 Å². The Labute approximate surface area is 154 Å². The van der Waals surface area contributed by atoms with Gasteiger partial charge in [0.05, 0.1) is 16.5 Å². The van der Waals surface area contributed by atoms with Crippen LogP contribution in [0.15, 0.2) is 47.4 Å². The molecule has 6 heteroatoms. The van der Waals surface area contributed by atoms with Gasteiger partial charge in [0.2, 0.25) is 15.9 Å². The smallest absolute Gasteiger partial charge is 0.241 e. The van der Waals surface area contributed by atoms with Gasteiger partial charge in [0.1, 0.15) is 0 Å². The van der Waals surface area contributed by atoms with E-state index in [1.807, 2.05) is 49.1 Å². The minimum atomic E-state index is -3.68. The molecule has 0 saturated heterocycles. The third kappa shape index (κ3) is 2.73. The van der Waals surface area contributed by atoms with E-state index in [2.05, 4.69) is 4.72 Å². The highest BCUT2D eigenvalue weighted by atomic mass is 32.2. The van der Waals surface area contributed by atoms with Crippen LogP contribution in [0.1, 0.15) is 48.9 Å². The van der Waals surface area contributed by atoms with E-state index >= 15 is 0 Å². The predicted octanol–water partition coefficient (Wildman–Crippen LogP) is 3.12. The normalized spacial score (nSPS) is 20.2. The van der Waals surface area contributed by atoms with Crippen molar-refractivity contribution in [2.45, 2.75) is 43.5 Å². The fourth-order valence-corrected chi connectivity index (χ4v) is 5.25. The van der Waals surface area contributed by atoms with E-state index in [0.717, 1.165) is 41.8 Å². The number of sulfonamides is 1. The van der Waals surface area contributed by atoms with Crippen LogP contribution in [0.3, 0.4) is 0 Å². The van der Waals surface area contributed by atoms with Gasteiger partial charge in [-0.3, -0.25) is 4.79 Å². The maximum Gasteiger partial charge on any atom is 0.241 e. The summed E-state index contributed by atoms with van der Waals surface area (Å²) in [6.45, 7) is 4.41. The fourth-order valence-electron chi connectivity index (χ4n) is 3.93. The largest absolute Gasteiger partial charge is 0.311 e. The van der Waals surface area contributed by atoms with Crippen LogP contribution in [0.5, 0.6) is 0 Å². The van der Waals surface area contributed by atoms with Crippen LogP contribution in [0.2, 0.25) is 0 Å². The number of rotatable bonds is 4. The van der Waals surface area contributed by atoms with Crippen molar-refractivity contribution in [1.82, 2.24) is 4.72 Å². The van der Waals surface area contributed by atoms with E-state index in [1.165, 1.54) is 0 Å². The molecule has 136 valence electrons. The third-order valence-electron chi connectivity index (χ3n) is 5.33. The fraction of sp³-hybridized carbons (Fsp3) is 0.350. The summed E-state index contributed by atoms with van der Waals surface area (Å²) in [7, 11) is -3.68. The molecular formula is C20H22N2O3S. The third-order valence-corrected chi connectivity index (χ3v) is 6.85. The topological polar surface area (TPSA) is 66.5 Å². The summed E-state index contributed by atoms with van der Waals surface area (Å²) >= 11 is 0. The monoisotopic (exact) mass is 370 g/mol. The lowest BCUT2D eigenvalue weighted by Crippen LogP contribution is -2.32. The lowest BCUT2D eigenvalue weighted by atomic mass is 9.97. The molecule has 5 nitrogen and oxygen atoms in total. The summed E-state index contributed by atoms with van der Waals surface area (Å²) in [6.07, 6.45) is 1.67. The number of amides is 1. The Morgan fingerprint density at radius 2 is 1.92 bits per heavy atom. The Balaban J connectivity index is 1.71. The first-order valence-electron chi connectivity index (χ1n) is 8.94. The number of benzene rings is 2. The summed E-state index contributed by atoms with van der Waals surface area (Å²) in [5, 5.41) is 0. The number of nitrogens with zero attached hydrogens (tertiary/aromatic N) is 1. The molecule has 0 bridgehead atoms. The van der Waals surface area contributed by atoms with Crippen molar-refractivity contribution in [1.29, 1.82) is 0 Å². The van der Waals surface area contributed by atoms with Crippen molar-refractivity contribution in [3.8, 4) is 0 Å². The van der Waals surface area contributed by atoms with E-state index in [9.17, 15) is 13.2 Å². The molecule has 0 aromatic heterocycles. The van der Waals surface area contributed by atoms with Crippen molar-refractivity contribution in [3.63, 3.8) is 0 Å². The number of aryl methyl sites for hydroxylation is 1. The Hall–Kier alpha value is -2.18. The highest BCUT2D eigenvalue weighted by Gasteiger charge is 2.38. The van der Waals surface area contributed by atoms with Crippen LogP contribution in [0, 0.1) is 0 Å². The van der Waals surface area contributed by atoms with Crippen LogP contribution in [0.4, 0.5) is 5.69 Å². The molecule has 26 heavy (non-hydrogen) atoms. The van der Waals surface area contributed by atoms with Gasteiger partial charge in [0.25, 0.3) is 0 Å². The zero-order valence-corrected chi connectivity index (χ0v) is 15.7. The number of carbonyl (C=O) groups excluding carboxylic acids is 1. The molecule has 2 atom stereocenters. The molecule has 0 spiro atoms. The van der Waals surface area contributed by atoms with Crippen molar-refractivity contribution in [3.05, 3.63) is 59.2 Å². The second kappa shape index (κ2) is 6.21. The van der Waals surface area contributed by atoms with Gasteiger partial charge in [-0.15, -0.1) is 0 Å². The van der Waals surface area contributed by atoms with E-state index in [0.29, 0.717) is 0 Å². The van der Waals surface area contributed by atoms with Gasteiger partial charge in [0.15, 0.2) is 0 Å². The molecule has 0 radical (unpaired) electrons. The second-order valence-electron chi connectivity index (χ2n) is 7.09. The first-order valence-corrected chi connectivity index (χ1v) is 10.4. The Kier molecular flexibility index (Phi) is 4.12. The molecule has 1 N–H and O–H groups in total. The van der Waals surface area contributed by atoms with Crippen LogP contribution in [0.25, 0.3) is 0 Å². The second-order valence-corrected chi connectivity index (χ2v) is 8.80. The molecule has 0 unspecified atom stereocenters. The number of nitrogens with one attached hydrogen (secondary N) is 1. The Morgan fingerprint density at radius 3 is 2.65 bits per heavy atom. The van der Waals surface area contributed by atoms with Crippen molar-refractivity contribution in [2.24, 2.45) is 0 Å². The van der Waals surface area contributed by atoms with E-state index in [4.69, 9.17) is 0 Å². The van der Waals surface area contributed by atoms with Gasteiger partial charge in [-0.05, 0) is 55.5 Å². The van der Waals surface area contributed by atoms with Crippen molar-refractivity contribution in [2.75, 3.05) is 11.4 Å². The van der Waals surface area contributed by atoms with E-state index in [-0.39, 0.29) is 22.8 Å². The molecule has 0 fully saturated rings. The average Bonchev–Trinajstić information content (AvgIpc) is 2.89. The molecule has 4 rings (SSSR count). The van der Waals surface area contributed by atoms with E-state index in [1.54, 1.807) is 12.1 Å². The Morgan fingerprint density at radius 1 is 1.19 bits per heavy atom. The zero-order chi connectivity index (χ0) is 18.5. The van der Waals surface area contributed by atoms with Crippen LogP contribution >= 0.6 is 0 Å². The summed E-state index contributed by atoms with van der Waals surface area (Å²) in [5.74, 6) is -0.218. The van der Waals surface area contributed by atoms with Gasteiger partial charge in [-0.2, -0.15) is 0 Å². The standard InChI is InChI=1S/C20H22N2O3S/c1-13-18-12-17(11-16-9-6-10-22(19(16)18)20(13)23)26(24,25)21-14(2)15-7-4-3-5-8-15/h3-5,7-8,11-14,21H,6,9-10H2,1-2H3/t13-,14-/m1/s1. The average molecular weight is 370 g/mol. The first-order chi connectivity index (χ1) is 12.4. The molecule has 2 aromatic rings. The number of hydrogen-bond donors (Lipinski definition) is 1. The molecule has 2 aliphatic rings. The minimum absolute atomic E-state index is 0.0705. The lowest BCUT2D eigenvalue weighted by molar-refractivity contribution is -0.119. The van der Waals surface area contributed by atoms with Crippen LogP contribution < -0.4 is 9.62 Å². The summed E-state index contributed by atoms with van der Waals surface area (Å²) < 4.78 is 28.7. The van der Waals surface area contributed by atoms with Crippen LogP contribution in [-0.4, -0.2) is 20.9 Å². The van der Waals surface area contributed by atoms with Gasteiger partial charge in [-0.25, -0.2) is 13.1 Å². The molecule has 2 heterocycles. The highest BCUT2D eigenvalue weighted by molar-refractivity contribution is 7.89. The SMILES string of the molecule is C[C@@H](NS(=O)(=O)c1cc2c3c(c1)[C@@H](C)C(=O)N3CCC2)c1ccccc1. The first kappa shape index (κ1) is 17.2. The quantitative estimate of drug-likeness (QED) is 0.899. The highest BCUT2D eigenvalue weighted by Crippen LogP contribution is 2.43. The predicted molar refractivity (Wildman–Crippen MR) is 101 cm³/mol. The van der Waals surface area contributed by atoms with Gasteiger partial charge in [-0.1, -0.05) is 30.3 Å². The maximum absolute atomic E-state index is 13.0. The molecule has 2 aliphatic heterocycles. The summed E-state index contributed by atoms with van der Waals surface area (Å²) in [5.41, 5.74) is 3.64. The van der Waals surface area contributed by atoms with Crippen molar-refractivity contribution >= 4 is 21.6 Å². The van der Waals surface area contributed by atoms with E-state index < -0.39 is 10.0 Å². The maximum atomic E-state index is 13.0. The summed E-state index contributed by atoms with van der Waals surface area (Å²) in [4.78, 5) is 14.5. The number of anilines is 1. The number of hydrogen-bond acceptors (Lipinski definition) is 3. The molecule has 0 aliphatic carbocycles. The Bertz CT molecular complexity index is 970. The molecule has 2 aromatic carbocycles. The zero-order valence-electron chi connectivity index (χ0n) is 14.9. The van der Waals surface area contributed by atoms with Gasteiger partial charge >= 0.3 is 0 Å². The van der Waals surface area contributed by atoms with Crippen molar-refractivity contribution < 1.29 is 13.2 Å². The van der Waals surface area contributed by atoms with Gasteiger partial charge < -0.3 is 4.90 Å².